The maximum Gasteiger partial charge on any atom is 0.204 e. The van der Waals surface area contributed by atoms with Crippen LogP contribution < -0.4 is 14.9 Å². The number of hydrogen-bond acceptors (Lipinski definition) is 6. The van der Waals surface area contributed by atoms with Gasteiger partial charge in [-0.2, -0.15) is 5.10 Å². The van der Waals surface area contributed by atoms with Crippen LogP contribution in [0.5, 0.6) is 11.5 Å². The van der Waals surface area contributed by atoms with E-state index in [9.17, 15) is 0 Å². The molecule has 0 unspecified atom stereocenters. The molecule has 0 aliphatic rings. The Balaban J connectivity index is 1.78. The summed E-state index contributed by atoms with van der Waals surface area (Å²) in [6.45, 7) is 4.56. The van der Waals surface area contributed by atoms with Gasteiger partial charge < -0.3 is 9.47 Å². The average Bonchev–Trinajstić information content (AvgIpc) is 3.04. The Labute approximate surface area is 157 Å². The van der Waals surface area contributed by atoms with E-state index in [0.717, 1.165) is 26.8 Å². The molecule has 6 heteroatoms. The molecule has 1 N–H and O–H groups in total. The standard InChI is InChI=1S/C20H21N3O2S/c1-4-25-19-16(11-8-12-17(19)24-3)13-21-23-20-22-18(14(2)26-20)15-9-6-5-7-10-15/h5-13H,4H2,1-3H3,(H,22,23)/b21-13-. The third-order valence-electron chi connectivity index (χ3n) is 3.73. The maximum atomic E-state index is 5.69. The van der Waals surface area contributed by atoms with Gasteiger partial charge in [-0.05, 0) is 26.0 Å². The number of aryl methyl sites for hydroxylation is 1. The number of para-hydroxylation sites is 1. The molecular weight excluding hydrogens is 346 g/mol. The molecule has 3 rings (SSSR count). The predicted octanol–water partition coefficient (Wildman–Crippen LogP) is 4.97. The summed E-state index contributed by atoms with van der Waals surface area (Å²) in [5.74, 6) is 1.37. The van der Waals surface area contributed by atoms with Crippen molar-refractivity contribution in [3.05, 3.63) is 59.0 Å². The molecule has 3 aromatic rings. The lowest BCUT2D eigenvalue weighted by Crippen LogP contribution is -2.00. The summed E-state index contributed by atoms with van der Waals surface area (Å²) < 4.78 is 11.0. The van der Waals surface area contributed by atoms with Gasteiger partial charge in [0.05, 0.1) is 25.6 Å². The minimum absolute atomic E-state index is 0.556. The Morgan fingerprint density at radius 2 is 1.96 bits per heavy atom. The van der Waals surface area contributed by atoms with Gasteiger partial charge in [0.2, 0.25) is 5.13 Å². The topological polar surface area (TPSA) is 55.7 Å². The summed E-state index contributed by atoms with van der Waals surface area (Å²) in [5, 5.41) is 5.06. The second kappa shape index (κ2) is 8.49. The summed E-state index contributed by atoms with van der Waals surface area (Å²) >= 11 is 1.57. The molecular formula is C20H21N3O2S. The molecule has 0 saturated heterocycles. The second-order valence-electron chi connectivity index (χ2n) is 5.47. The fraction of sp³-hybridized carbons (Fsp3) is 0.200. The fourth-order valence-electron chi connectivity index (χ4n) is 2.56. The highest BCUT2D eigenvalue weighted by Crippen LogP contribution is 2.31. The van der Waals surface area contributed by atoms with Gasteiger partial charge in [0.25, 0.3) is 0 Å². The zero-order valence-electron chi connectivity index (χ0n) is 15.0. The summed E-state index contributed by atoms with van der Waals surface area (Å²) in [6.07, 6.45) is 1.71. The van der Waals surface area contributed by atoms with Crippen LogP contribution in [0.3, 0.4) is 0 Å². The lowest BCUT2D eigenvalue weighted by atomic mass is 10.1. The van der Waals surface area contributed by atoms with Crippen molar-refractivity contribution >= 4 is 22.7 Å². The van der Waals surface area contributed by atoms with E-state index in [0.29, 0.717) is 18.1 Å². The van der Waals surface area contributed by atoms with Gasteiger partial charge in [0, 0.05) is 16.0 Å². The van der Waals surface area contributed by atoms with Crippen LogP contribution >= 0.6 is 11.3 Å². The van der Waals surface area contributed by atoms with E-state index in [-0.39, 0.29) is 0 Å². The molecule has 1 heterocycles. The molecule has 0 aliphatic carbocycles. The molecule has 0 spiro atoms. The van der Waals surface area contributed by atoms with Gasteiger partial charge >= 0.3 is 0 Å². The van der Waals surface area contributed by atoms with Gasteiger partial charge in [-0.25, -0.2) is 4.98 Å². The van der Waals surface area contributed by atoms with E-state index in [1.54, 1.807) is 24.7 Å². The van der Waals surface area contributed by atoms with Crippen molar-refractivity contribution in [2.75, 3.05) is 19.1 Å². The molecule has 0 bridgehead atoms. The maximum absolute atomic E-state index is 5.69. The number of methoxy groups -OCH3 is 1. The Bertz CT molecular complexity index is 891. The first-order valence-electron chi connectivity index (χ1n) is 8.34. The number of hydrazone groups is 1. The van der Waals surface area contributed by atoms with Crippen LogP contribution in [0.25, 0.3) is 11.3 Å². The predicted molar refractivity (Wildman–Crippen MR) is 108 cm³/mol. The largest absolute Gasteiger partial charge is 0.493 e. The van der Waals surface area contributed by atoms with E-state index in [2.05, 4.69) is 34.6 Å². The highest BCUT2D eigenvalue weighted by molar-refractivity contribution is 7.15. The molecule has 0 radical (unpaired) electrons. The lowest BCUT2D eigenvalue weighted by molar-refractivity contribution is 0.310. The smallest absolute Gasteiger partial charge is 0.204 e. The van der Waals surface area contributed by atoms with Gasteiger partial charge in [0.15, 0.2) is 11.5 Å². The number of ether oxygens (including phenoxy) is 2. The molecule has 0 fully saturated rings. The Morgan fingerprint density at radius 1 is 1.15 bits per heavy atom. The highest BCUT2D eigenvalue weighted by atomic mass is 32.1. The van der Waals surface area contributed by atoms with E-state index in [4.69, 9.17) is 9.47 Å². The van der Waals surface area contributed by atoms with Crippen molar-refractivity contribution in [2.45, 2.75) is 13.8 Å². The van der Waals surface area contributed by atoms with E-state index in [1.807, 2.05) is 43.3 Å². The van der Waals surface area contributed by atoms with E-state index >= 15 is 0 Å². The van der Waals surface area contributed by atoms with Gasteiger partial charge in [0.1, 0.15) is 0 Å². The SMILES string of the molecule is CCOc1c(/C=N\Nc2nc(-c3ccccc3)c(C)s2)cccc1OC. The number of anilines is 1. The minimum Gasteiger partial charge on any atom is -0.493 e. The van der Waals surface area contributed by atoms with Crippen molar-refractivity contribution in [3.63, 3.8) is 0 Å². The third-order valence-corrected chi connectivity index (χ3v) is 4.60. The number of nitrogens with one attached hydrogen (secondary N) is 1. The number of thiazole rings is 1. The van der Waals surface area contributed by atoms with Crippen molar-refractivity contribution in [1.29, 1.82) is 0 Å². The van der Waals surface area contributed by atoms with Crippen LogP contribution in [0.4, 0.5) is 5.13 Å². The number of nitrogens with zero attached hydrogens (tertiary/aromatic N) is 2. The van der Waals surface area contributed by atoms with E-state index in [1.165, 1.54) is 0 Å². The number of benzene rings is 2. The van der Waals surface area contributed by atoms with Crippen LogP contribution in [-0.2, 0) is 0 Å². The van der Waals surface area contributed by atoms with Gasteiger partial charge in [-0.1, -0.05) is 36.4 Å². The molecule has 1 aromatic heterocycles. The normalized spacial score (nSPS) is 10.9. The van der Waals surface area contributed by atoms with Crippen molar-refractivity contribution in [2.24, 2.45) is 5.10 Å². The van der Waals surface area contributed by atoms with Crippen LogP contribution in [0.2, 0.25) is 0 Å². The van der Waals surface area contributed by atoms with Crippen molar-refractivity contribution in [1.82, 2.24) is 4.98 Å². The van der Waals surface area contributed by atoms with Crippen LogP contribution in [0, 0.1) is 6.92 Å². The third kappa shape index (κ3) is 4.03. The molecule has 26 heavy (non-hydrogen) atoms. The summed E-state index contributed by atoms with van der Waals surface area (Å²) in [7, 11) is 1.63. The van der Waals surface area contributed by atoms with Crippen molar-refractivity contribution in [3.8, 4) is 22.8 Å². The molecule has 0 amide bonds. The zero-order chi connectivity index (χ0) is 18.4. The average molecular weight is 367 g/mol. The first-order chi connectivity index (χ1) is 12.7. The number of hydrogen-bond donors (Lipinski definition) is 1. The Kier molecular flexibility index (Phi) is 5.86. The monoisotopic (exact) mass is 367 g/mol. The summed E-state index contributed by atoms with van der Waals surface area (Å²) in [5.41, 5.74) is 5.93. The summed E-state index contributed by atoms with van der Waals surface area (Å²) in [4.78, 5) is 5.79. The first kappa shape index (κ1) is 17.9. The molecule has 0 atom stereocenters. The minimum atomic E-state index is 0.556. The zero-order valence-corrected chi connectivity index (χ0v) is 15.8. The molecule has 134 valence electrons. The molecule has 0 aliphatic heterocycles. The lowest BCUT2D eigenvalue weighted by Gasteiger charge is -2.11. The molecule has 2 aromatic carbocycles. The van der Waals surface area contributed by atoms with Crippen LogP contribution in [-0.4, -0.2) is 24.9 Å². The van der Waals surface area contributed by atoms with Gasteiger partial charge in [-0.15, -0.1) is 11.3 Å². The number of rotatable bonds is 7. The second-order valence-corrected chi connectivity index (χ2v) is 6.67. The molecule has 5 nitrogen and oxygen atoms in total. The Morgan fingerprint density at radius 3 is 2.69 bits per heavy atom. The quantitative estimate of drug-likeness (QED) is 0.473. The van der Waals surface area contributed by atoms with Crippen molar-refractivity contribution < 1.29 is 9.47 Å². The fourth-order valence-corrected chi connectivity index (χ4v) is 3.34. The van der Waals surface area contributed by atoms with Gasteiger partial charge in [-0.3, -0.25) is 5.43 Å². The molecule has 0 saturated carbocycles. The highest BCUT2D eigenvalue weighted by Gasteiger charge is 2.10. The Hall–Kier alpha value is -2.86. The van der Waals surface area contributed by atoms with E-state index < -0.39 is 0 Å². The number of aromatic nitrogens is 1. The van der Waals surface area contributed by atoms with Crippen LogP contribution in [0.15, 0.2) is 53.6 Å². The van der Waals surface area contributed by atoms with Crippen LogP contribution in [0.1, 0.15) is 17.4 Å². The first-order valence-corrected chi connectivity index (χ1v) is 9.16. The summed E-state index contributed by atoms with van der Waals surface area (Å²) in [6, 6.07) is 15.8.